The van der Waals surface area contributed by atoms with Crippen molar-refractivity contribution in [3.8, 4) is 0 Å². The summed E-state index contributed by atoms with van der Waals surface area (Å²) in [4.78, 5) is 1.41. The van der Waals surface area contributed by atoms with Crippen LogP contribution in [0.5, 0.6) is 0 Å². The molecule has 3 heteroatoms. The first-order valence-corrected chi connectivity index (χ1v) is 7.91. The average Bonchev–Trinajstić information content (AvgIpc) is 2.63. The summed E-state index contributed by atoms with van der Waals surface area (Å²) in [6.45, 7) is 6.74. The predicted molar refractivity (Wildman–Crippen MR) is 79.4 cm³/mol. The molecule has 1 aliphatic carbocycles. The molecular weight excluding hydrogens is 294 g/mol. The van der Waals surface area contributed by atoms with Gasteiger partial charge in [-0.15, -0.1) is 11.3 Å². The van der Waals surface area contributed by atoms with Crippen LogP contribution >= 0.6 is 27.3 Å². The number of rotatable bonds is 4. The van der Waals surface area contributed by atoms with Gasteiger partial charge in [0.15, 0.2) is 0 Å². The van der Waals surface area contributed by atoms with Crippen LogP contribution in [0.2, 0.25) is 0 Å². The van der Waals surface area contributed by atoms with E-state index in [0.29, 0.717) is 0 Å². The summed E-state index contributed by atoms with van der Waals surface area (Å²) >= 11 is 5.31. The van der Waals surface area contributed by atoms with E-state index < -0.39 is 0 Å². The lowest BCUT2D eigenvalue weighted by Crippen LogP contribution is -2.25. The van der Waals surface area contributed by atoms with E-state index in [4.69, 9.17) is 0 Å². The van der Waals surface area contributed by atoms with Gasteiger partial charge in [-0.25, -0.2) is 0 Å². The number of hydrogen-bond acceptors (Lipinski definition) is 2. The maximum atomic E-state index is 3.59. The molecule has 0 bridgehead atoms. The number of thiophene rings is 1. The van der Waals surface area contributed by atoms with Crippen molar-refractivity contribution in [1.82, 2.24) is 5.32 Å². The minimum absolute atomic E-state index is 0.756. The van der Waals surface area contributed by atoms with E-state index in [-0.39, 0.29) is 0 Å². The zero-order valence-electron chi connectivity index (χ0n) is 10.5. The molecule has 0 saturated heterocycles. The van der Waals surface area contributed by atoms with Crippen LogP contribution in [0.1, 0.15) is 31.6 Å². The van der Waals surface area contributed by atoms with Crippen molar-refractivity contribution in [2.45, 2.75) is 33.2 Å². The smallest absolute Gasteiger partial charge is 0.0300 e. The third-order valence-electron chi connectivity index (χ3n) is 3.24. The van der Waals surface area contributed by atoms with E-state index >= 15 is 0 Å². The molecule has 0 amide bonds. The van der Waals surface area contributed by atoms with Crippen LogP contribution in [-0.4, -0.2) is 6.54 Å². The van der Waals surface area contributed by atoms with E-state index in [1.165, 1.54) is 22.2 Å². The van der Waals surface area contributed by atoms with Gasteiger partial charge in [-0.05, 0) is 60.1 Å². The Morgan fingerprint density at radius 3 is 3.00 bits per heavy atom. The van der Waals surface area contributed by atoms with Gasteiger partial charge in [0.2, 0.25) is 0 Å². The lowest BCUT2D eigenvalue weighted by atomic mass is 9.84. The number of hydrogen-bond donors (Lipinski definition) is 1. The van der Waals surface area contributed by atoms with Gasteiger partial charge in [-0.2, -0.15) is 0 Å². The molecule has 2 rings (SSSR count). The van der Waals surface area contributed by atoms with Gasteiger partial charge in [0.25, 0.3) is 0 Å². The molecule has 1 aliphatic rings. The number of nitrogens with one attached hydrogen (secondary N) is 1. The first kappa shape index (κ1) is 13.3. The van der Waals surface area contributed by atoms with Gasteiger partial charge in [0.1, 0.15) is 0 Å². The van der Waals surface area contributed by atoms with Crippen LogP contribution in [0.15, 0.2) is 27.6 Å². The lowest BCUT2D eigenvalue weighted by Gasteiger charge is -2.25. The highest BCUT2D eigenvalue weighted by Crippen LogP contribution is 2.27. The molecular formula is C14H20BrNS. The fraction of sp³-hybridized carbons (Fsp3) is 0.571. The summed E-state index contributed by atoms with van der Waals surface area (Å²) in [5.74, 6) is 1.57. The van der Waals surface area contributed by atoms with Crippen molar-refractivity contribution in [2.24, 2.45) is 11.8 Å². The molecule has 1 heterocycles. The molecule has 2 unspecified atom stereocenters. The Labute approximate surface area is 116 Å². The zero-order valence-corrected chi connectivity index (χ0v) is 12.9. The van der Waals surface area contributed by atoms with E-state index in [1.807, 2.05) is 11.3 Å². The van der Waals surface area contributed by atoms with Crippen LogP contribution in [0.4, 0.5) is 0 Å². The van der Waals surface area contributed by atoms with E-state index in [0.717, 1.165) is 24.9 Å². The van der Waals surface area contributed by atoms with Crippen LogP contribution < -0.4 is 5.32 Å². The summed E-state index contributed by atoms with van der Waals surface area (Å²) in [6, 6.07) is 2.20. The molecule has 94 valence electrons. The van der Waals surface area contributed by atoms with E-state index in [9.17, 15) is 0 Å². The number of halogens is 1. The monoisotopic (exact) mass is 313 g/mol. The van der Waals surface area contributed by atoms with E-state index in [2.05, 4.69) is 52.6 Å². The Balaban J connectivity index is 1.74. The molecule has 2 atom stereocenters. The second-order valence-electron chi connectivity index (χ2n) is 5.16. The molecule has 0 radical (unpaired) electrons. The maximum absolute atomic E-state index is 3.59. The van der Waals surface area contributed by atoms with Gasteiger partial charge in [0, 0.05) is 21.3 Å². The largest absolute Gasteiger partial charge is 0.312 e. The van der Waals surface area contributed by atoms with Gasteiger partial charge >= 0.3 is 0 Å². The SMILES string of the molecule is CC1=CC(C)CC(CNCc2cc(Br)cs2)C1. The molecule has 1 aromatic heterocycles. The molecule has 17 heavy (non-hydrogen) atoms. The topological polar surface area (TPSA) is 12.0 Å². The van der Waals surface area contributed by atoms with Gasteiger partial charge < -0.3 is 5.32 Å². The Hall–Kier alpha value is -0.120. The highest BCUT2D eigenvalue weighted by atomic mass is 79.9. The zero-order chi connectivity index (χ0) is 12.3. The summed E-state index contributed by atoms with van der Waals surface area (Å²) in [5.41, 5.74) is 1.56. The summed E-state index contributed by atoms with van der Waals surface area (Å²) < 4.78 is 1.20. The van der Waals surface area contributed by atoms with Crippen molar-refractivity contribution in [3.63, 3.8) is 0 Å². The van der Waals surface area contributed by atoms with Gasteiger partial charge in [-0.3, -0.25) is 0 Å². The van der Waals surface area contributed by atoms with Crippen LogP contribution in [0.25, 0.3) is 0 Å². The molecule has 0 fully saturated rings. The van der Waals surface area contributed by atoms with Gasteiger partial charge in [-0.1, -0.05) is 18.6 Å². The standard InChI is InChI=1S/C14H20BrNS/c1-10-3-11(2)5-12(4-10)7-16-8-14-6-13(15)9-17-14/h3,6,9-10,12,16H,4-5,7-8H2,1-2H3. The maximum Gasteiger partial charge on any atom is 0.0300 e. The Kier molecular flexibility index (Phi) is 4.83. The Bertz CT molecular complexity index is 397. The predicted octanol–water partition coefficient (Wildman–Crippen LogP) is 4.59. The van der Waals surface area contributed by atoms with Crippen molar-refractivity contribution in [1.29, 1.82) is 0 Å². The average molecular weight is 314 g/mol. The van der Waals surface area contributed by atoms with Crippen LogP contribution in [0, 0.1) is 11.8 Å². The molecule has 1 aromatic rings. The second-order valence-corrected chi connectivity index (χ2v) is 7.07. The van der Waals surface area contributed by atoms with Crippen molar-refractivity contribution < 1.29 is 0 Å². The van der Waals surface area contributed by atoms with Gasteiger partial charge in [0.05, 0.1) is 0 Å². The Morgan fingerprint density at radius 1 is 1.53 bits per heavy atom. The van der Waals surface area contributed by atoms with Crippen molar-refractivity contribution >= 4 is 27.3 Å². The fourth-order valence-corrected chi connectivity index (χ4v) is 4.11. The Morgan fingerprint density at radius 2 is 2.35 bits per heavy atom. The second kappa shape index (κ2) is 6.17. The normalized spacial score (nSPS) is 24.8. The third-order valence-corrected chi connectivity index (χ3v) is 4.94. The lowest BCUT2D eigenvalue weighted by molar-refractivity contribution is 0.381. The molecule has 0 aliphatic heterocycles. The van der Waals surface area contributed by atoms with Crippen molar-refractivity contribution in [3.05, 3.63) is 32.4 Å². The minimum Gasteiger partial charge on any atom is -0.312 e. The molecule has 0 spiro atoms. The summed E-state index contributed by atoms with van der Waals surface area (Å²) in [5, 5.41) is 5.73. The summed E-state index contributed by atoms with van der Waals surface area (Å²) in [7, 11) is 0. The minimum atomic E-state index is 0.756. The van der Waals surface area contributed by atoms with E-state index in [1.54, 1.807) is 5.57 Å². The highest BCUT2D eigenvalue weighted by Gasteiger charge is 2.17. The summed E-state index contributed by atoms with van der Waals surface area (Å²) in [6.07, 6.45) is 5.02. The molecule has 1 nitrogen and oxygen atoms in total. The first-order chi connectivity index (χ1) is 8.13. The fourth-order valence-electron chi connectivity index (χ4n) is 2.69. The van der Waals surface area contributed by atoms with Crippen LogP contribution in [-0.2, 0) is 6.54 Å². The van der Waals surface area contributed by atoms with Crippen molar-refractivity contribution in [2.75, 3.05) is 6.54 Å². The number of allylic oxidation sites excluding steroid dienone is 2. The molecule has 0 saturated carbocycles. The quantitative estimate of drug-likeness (QED) is 0.801. The highest BCUT2D eigenvalue weighted by molar-refractivity contribution is 9.10. The molecule has 0 aromatic carbocycles. The van der Waals surface area contributed by atoms with Crippen LogP contribution in [0.3, 0.4) is 0 Å². The third kappa shape index (κ3) is 4.23. The molecule has 1 N–H and O–H groups in total. The first-order valence-electron chi connectivity index (χ1n) is 6.24.